The molecular formula is C15H14FNOS. The second-order valence-corrected chi connectivity index (χ2v) is 5.20. The van der Waals surface area contributed by atoms with Gasteiger partial charge in [0, 0.05) is 16.6 Å². The standard InChI is InChI=1S/C15H14FNOS/c1-10-3-4-12(9-13(10)16)17-15(18)6-5-14-11(2)7-8-19-14/h3-9H,1-2H3,(H,17,18)/b6-5+. The Morgan fingerprint density at radius 1 is 1.26 bits per heavy atom. The molecule has 2 aromatic rings. The Balaban J connectivity index is 2.03. The van der Waals surface area contributed by atoms with Crippen LogP contribution >= 0.6 is 11.3 Å². The maximum absolute atomic E-state index is 13.3. The Morgan fingerprint density at radius 3 is 2.68 bits per heavy atom. The molecule has 1 heterocycles. The number of hydrogen-bond donors (Lipinski definition) is 1. The molecule has 0 aliphatic rings. The fourth-order valence-electron chi connectivity index (χ4n) is 1.56. The highest BCUT2D eigenvalue weighted by atomic mass is 32.1. The third kappa shape index (κ3) is 3.51. The normalized spacial score (nSPS) is 10.9. The van der Waals surface area contributed by atoms with Gasteiger partial charge in [-0.15, -0.1) is 11.3 Å². The molecular weight excluding hydrogens is 261 g/mol. The van der Waals surface area contributed by atoms with Crippen LogP contribution < -0.4 is 5.32 Å². The third-order valence-corrected chi connectivity index (χ3v) is 3.71. The molecule has 1 aromatic heterocycles. The van der Waals surface area contributed by atoms with E-state index in [0.29, 0.717) is 11.3 Å². The maximum Gasteiger partial charge on any atom is 0.248 e. The fourth-order valence-corrected chi connectivity index (χ4v) is 2.38. The van der Waals surface area contributed by atoms with Gasteiger partial charge in [0.15, 0.2) is 0 Å². The largest absolute Gasteiger partial charge is 0.322 e. The van der Waals surface area contributed by atoms with E-state index in [-0.39, 0.29) is 11.7 Å². The zero-order valence-corrected chi connectivity index (χ0v) is 11.6. The number of carbonyl (C=O) groups excluding carboxylic acids is 1. The zero-order chi connectivity index (χ0) is 13.8. The molecule has 1 N–H and O–H groups in total. The SMILES string of the molecule is Cc1ccc(NC(=O)/C=C/c2sccc2C)cc1F. The highest BCUT2D eigenvalue weighted by Gasteiger charge is 2.02. The lowest BCUT2D eigenvalue weighted by atomic mass is 10.2. The number of anilines is 1. The molecule has 0 aliphatic carbocycles. The van der Waals surface area contributed by atoms with Crippen LogP contribution in [0.5, 0.6) is 0 Å². The molecule has 2 nitrogen and oxygen atoms in total. The van der Waals surface area contributed by atoms with E-state index < -0.39 is 0 Å². The van der Waals surface area contributed by atoms with Crippen LogP contribution in [0.2, 0.25) is 0 Å². The highest BCUT2D eigenvalue weighted by Crippen LogP contribution is 2.17. The van der Waals surface area contributed by atoms with Gasteiger partial charge < -0.3 is 5.32 Å². The number of thiophene rings is 1. The fraction of sp³-hybridized carbons (Fsp3) is 0.133. The first-order chi connectivity index (χ1) is 9.06. The van der Waals surface area contributed by atoms with Gasteiger partial charge in [0.2, 0.25) is 5.91 Å². The Labute approximate surface area is 115 Å². The van der Waals surface area contributed by atoms with E-state index >= 15 is 0 Å². The van der Waals surface area contributed by atoms with Crippen molar-refractivity contribution in [3.63, 3.8) is 0 Å². The summed E-state index contributed by atoms with van der Waals surface area (Å²) in [6, 6.07) is 6.63. The summed E-state index contributed by atoms with van der Waals surface area (Å²) in [5, 5.41) is 4.61. The Morgan fingerprint density at radius 2 is 2.05 bits per heavy atom. The lowest BCUT2D eigenvalue weighted by Gasteiger charge is -2.03. The van der Waals surface area contributed by atoms with Crippen molar-refractivity contribution in [3.8, 4) is 0 Å². The quantitative estimate of drug-likeness (QED) is 0.837. The first kappa shape index (κ1) is 13.5. The molecule has 4 heteroatoms. The molecule has 0 bridgehead atoms. The molecule has 0 atom stereocenters. The van der Waals surface area contributed by atoms with Crippen LogP contribution in [0.15, 0.2) is 35.7 Å². The average Bonchev–Trinajstić information content (AvgIpc) is 2.77. The summed E-state index contributed by atoms with van der Waals surface area (Å²) in [4.78, 5) is 12.7. The van der Waals surface area contributed by atoms with Gasteiger partial charge in [0.25, 0.3) is 0 Å². The van der Waals surface area contributed by atoms with Crippen LogP contribution in [0.3, 0.4) is 0 Å². The van der Waals surface area contributed by atoms with Crippen LogP contribution in [0.1, 0.15) is 16.0 Å². The number of carbonyl (C=O) groups is 1. The summed E-state index contributed by atoms with van der Waals surface area (Å²) in [6.07, 6.45) is 3.22. The van der Waals surface area contributed by atoms with Gasteiger partial charge in [0.05, 0.1) is 0 Å². The lowest BCUT2D eigenvalue weighted by Crippen LogP contribution is -2.08. The van der Waals surface area contributed by atoms with Gasteiger partial charge in [-0.25, -0.2) is 4.39 Å². The summed E-state index contributed by atoms with van der Waals surface area (Å²) in [5.41, 5.74) is 2.15. The molecule has 2 rings (SSSR count). The summed E-state index contributed by atoms with van der Waals surface area (Å²) in [7, 11) is 0. The smallest absolute Gasteiger partial charge is 0.248 e. The van der Waals surface area contributed by atoms with Crippen molar-refractivity contribution in [2.24, 2.45) is 0 Å². The minimum atomic E-state index is -0.323. The van der Waals surface area contributed by atoms with E-state index in [0.717, 1.165) is 10.4 Å². The van der Waals surface area contributed by atoms with Crippen molar-refractivity contribution >= 4 is 29.0 Å². The molecule has 0 spiro atoms. The first-order valence-electron chi connectivity index (χ1n) is 5.85. The number of rotatable bonds is 3. The Kier molecular flexibility index (Phi) is 4.12. The number of hydrogen-bond acceptors (Lipinski definition) is 2. The van der Waals surface area contributed by atoms with Crippen LogP contribution in [0.25, 0.3) is 6.08 Å². The Hall–Kier alpha value is -1.94. The number of nitrogens with one attached hydrogen (secondary N) is 1. The summed E-state index contributed by atoms with van der Waals surface area (Å²) >= 11 is 1.58. The summed E-state index contributed by atoms with van der Waals surface area (Å²) in [5.74, 6) is -0.591. The van der Waals surface area contributed by atoms with E-state index in [2.05, 4.69) is 5.32 Å². The van der Waals surface area contributed by atoms with Crippen molar-refractivity contribution in [2.45, 2.75) is 13.8 Å². The van der Waals surface area contributed by atoms with Crippen molar-refractivity contribution < 1.29 is 9.18 Å². The first-order valence-corrected chi connectivity index (χ1v) is 6.73. The molecule has 1 aromatic carbocycles. The molecule has 1 amide bonds. The van der Waals surface area contributed by atoms with Crippen molar-refractivity contribution in [1.82, 2.24) is 0 Å². The number of benzene rings is 1. The van der Waals surface area contributed by atoms with Crippen LogP contribution in [0, 0.1) is 19.7 Å². The van der Waals surface area contributed by atoms with E-state index in [4.69, 9.17) is 0 Å². The van der Waals surface area contributed by atoms with Gasteiger partial charge in [-0.2, -0.15) is 0 Å². The molecule has 98 valence electrons. The van der Waals surface area contributed by atoms with Crippen LogP contribution in [-0.2, 0) is 4.79 Å². The van der Waals surface area contributed by atoms with Crippen LogP contribution in [0.4, 0.5) is 10.1 Å². The molecule has 0 unspecified atom stereocenters. The predicted octanol–water partition coefficient (Wildman–Crippen LogP) is 4.16. The Bertz CT molecular complexity index is 631. The van der Waals surface area contributed by atoms with Gasteiger partial charge in [-0.3, -0.25) is 4.79 Å². The van der Waals surface area contributed by atoms with E-state index in [1.54, 1.807) is 36.5 Å². The minimum absolute atomic E-state index is 0.268. The lowest BCUT2D eigenvalue weighted by molar-refractivity contribution is -0.111. The molecule has 0 fully saturated rings. The number of aryl methyl sites for hydroxylation is 2. The topological polar surface area (TPSA) is 29.1 Å². The molecule has 0 saturated heterocycles. The van der Waals surface area contributed by atoms with Gasteiger partial charge >= 0.3 is 0 Å². The predicted molar refractivity (Wildman–Crippen MR) is 77.9 cm³/mol. The van der Waals surface area contributed by atoms with Gasteiger partial charge in [-0.05, 0) is 54.6 Å². The van der Waals surface area contributed by atoms with E-state index in [1.807, 2.05) is 18.4 Å². The summed E-state index contributed by atoms with van der Waals surface area (Å²) < 4.78 is 13.3. The molecule has 0 saturated carbocycles. The second kappa shape index (κ2) is 5.80. The minimum Gasteiger partial charge on any atom is -0.322 e. The molecule has 0 radical (unpaired) electrons. The molecule has 0 aliphatic heterocycles. The molecule has 19 heavy (non-hydrogen) atoms. The maximum atomic E-state index is 13.3. The number of halogens is 1. The highest BCUT2D eigenvalue weighted by molar-refractivity contribution is 7.11. The van der Waals surface area contributed by atoms with E-state index in [9.17, 15) is 9.18 Å². The van der Waals surface area contributed by atoms with Crippen molar-refractivity contribution in [1.29, 1.82) is 0 Å². The van der Waals surface area contributed by atoms with E-state index in [1.165, 1.54) is 12.1 Å². The number of amides is 1. The third-order valence-electron chi connectivity index (χ3n) is 2.73. The zero-order valence-electron chi connectivity index (χ0n) is 10.7. The van der Waals surface area contributed by atoms with Gasteiger partial charge in [0.1, 0.15) is 5.82 Å². The summed E-state index contributed by atoms with van der Waals surface area (Å²) in [6.45, 7) is 3.67. The van der Waals surface area contributed by atoms with Gasteiger partial charge in [-0.1, -0.05) is 6.07 Å². The monoisotopic (exact) mass is 275 g/mol. The van der Waals surface area contributed by atoms with Crippen molar-refractivity contribution in [2.75, 3.05) is 5.32 Å². The second-order valence-electron chi connectivity index (χ2n) is 4.25. The van der Waals surface area contributed by atoms with Crippen molar-refractivity contribution in [3.05, 3.63) is 57.5 Å². The van der Waals surface area contributed by atoms with Crippen LogP contribution in [-0.4, -0.2) is 5.91 Å². The average molecular weight is 275 g/mol.